The maximum absolute atomic E-state index is 13.0. The molecule has 3 aliphatic heterocycles. The number of ether oxygens (including phenoxy) is 2. The lowest BCUT2D eigenvalue weighted by atomic mass is 9.94. The van der Waals surface area contributed by atoms with Crippen molar-refractivity contribution in [3.63, 3.8) is 0 Å². The molecular formula is C18H11ClN2O5. The minimum atomic E-state index is -0.960. The van der Waals surface area contributed by atoms with E-state index in [1.165, 1.54) is 0 Å². The van der Waals surface area contributed by atoms with Gasteiger partial charge in [-0.25, -0.2) is 4.90 Å². The van der Waals surface area contributed by atoms with Crippen LogP contribution in [0.25, 0.3) is 0 Å². The predicted molar refractivity (Wildman–Crippen MR) is 91.4 cm³/mol. The van der Waals surface area contributed by atoms with Gasteiger partial charge >= 0.3 is 0 Å². The minimum Gasteiger partial charge on any atom is -0.454 e. The third kappa shape index (κ3) is 2.10. The zero-order valence-electron chi connectivity index (χ0n) is 13.2. The number of hydrogen-bond donors (Lipinski definition) is 0. The van der Waals surface area contributed by atoms with Crippen molar-refractivity contribution in [1.82, 2.24) is 0 Å². The van der Waals surface area contributed by atoms with E-state index in [1.807, 2.05) is 0 Å². The van der Waals surface area contributed by atoms with Crippen LogP contribution in [0.3, 0.4) is 0 Å². The fourth-order valence-corrected chi connectivity index (χ4v) is 3.44. The topological polar surface area (TPSA) is 77.4 Å². The van der Waals surface area contributed by atoms with Gasteiger partial charge in [0, 0.05) is 16.7 Å². The van der Waals surface area contributed by atoms with Gasteiger partial charge < -0.3 is 14.3 Å². The highest BCUT2D eigenvalue weighted by molar-refractivity contribution is 6.33. The number of nitrogens with zero attached hydrogens (tertiary/aromatic N) is 2. The molecule has 2 aromatic rings. The molecule has 0 aliphatic carbocycles. The van der Waals surface area contributed by atoms with E-state index >= 15 is 0 Å². The van der Waals surface area contributed by atoms with E-state index in [2.05, 4.69) is 5.16 Å². The first kappa shape index (κ1) is 15.2. The molecule has 5 rings (SSSR count). The van der Waals surface area contributed by atoms with Crippen LogP contribution in [0.15, 0.2) is 47.6 Å². The van der Waals surface area contributed by atoms with Crippen LogP contribution in [0.1, 0.15) is 5.56 Å². The van der Waals surface area contributed by atoms with E-state index in [0.29, 0.717) is 33.5 Å². The second kappa shape index (κ2) is 5.47. The molecule has 8 heteroatoms. The molecule has 0 bridgehead atoms. The molecule has 130 valence electrons. The zero-order valence-corrected chi connectivity index (χ0v) is 14.0. The maximum Gasteiger partial charge on any atom is 0.278 e. The highest BCUT2D eigenvalue weighted by Gasteiger charge is 2.56. The lowest BCUT2D eigenvalue weighted by molar-refractivity contribution is -0.126. The summed E-state index contributed by atoms with van der Waals surface area (Å²) in [6.45, 7) is 0.114. The largest absolute Gasteiger partial charge is 0.454 e. The number of carbonyl (C=O) groups excluding carboxylic acids is 2. The Hall–Kier alpha value is -3.06. The van der Waals surface area contributed by atoms with Crippen LogP contribution in [0, 0.1) is 5.92 Å². The average molecular weight is 371 g/mol. The van der Waals surface area contributed by atoms with E-state index in [-0.39, 0.29) is 12.7 Å². The van der Waals surface area contributed by atoms with Crippen molar-refractivity contribution in [2.45, 2.75) is 6.10 Å². The van der Waals surface area contributed by atoms with Gasteiger partial charge in [0.2, 0.25) is 18.8 Å². The van der Waals surface area contributed by atoms with Gasteiger partial charge in [0.05, 0.1) is 5.69 Å². The maximum atomic E-state index is 13.0. The summed E-state index contributed by atoms with van der Waals surface area (Å²) in [6.07, 6.45) is -0.960. The summed E-state index contributed by atoms with van der Waals surface area (Å²) in [5, 5.41) is 4.54. The predicted octanol–water partition coefficient (Wildman–Crippen LogP) is 2.36. The van der Waals surface area contributed by atoms with E-state index in [9.17, 15) is 9.59 Å². The molecule has 1 saturated heterocycles. The highest BCUT2D eigenvalue weighted by atomic mass is 35.5. The van der Waals surface area contributed by atoms with Crippen LogP contribution in [0.2, 0.25) is 5.02 Å². The van der Waals surface area contributed by atoms with Gasteiger partial charge in [0.1, 0.15) is 11.6 Å². The Labute approximate surface area is 152 Å². The lowest BCUT2D eigenvalue weighted by Gasteiger charge is -2.15. The fourth-order valence-electron chi connectivity index (χ4n) is 3.32. The molecular weight excluding hydrogens is 360 g/mol. The van der Waals surface area contributed by atoms with Crippen molar-refractivity contribution in [3.8, 4) is 11.5 Å². The standard InChI is InChI=1S/C18H11ClN2O5/c19-10-3-1-9(2-4-10)15-14-16(26-20-15)18(23)21(17(14)22)11-5-6-12-13(7-11)25-8-24-12/h1-7,14,16H,8H2/t14-,16-/m1/s1. The number of imide groups is 1. The summed E-state index contributed by atoms with van der Waals surface area (Å²) in [5.74, 6) is -0.550. The number of rotatable bonds is 2. The molecule has 1 fully saturated rings. The number of carbonyl (C=O) groups is 2. The molecule has 7 nitrogen and oxygen atoms in total. The van der Waals surface area contributed by atoms with Gasteiger partial charge in [-0.3, -0.25) is 9.59 Å². The molecule has 2 aromatic carbocycles. The molecule has 0 N–H and O–H groups in total. The molecule has 3 heterocycles. The summed E-state index contributed by atoms with van der Waals surface area (Å²) < 4.78 is 10.6. The normalized spacial score (nSPS) is 23.1. The van der Waals surface area contributed by atoms with Crippen molar-refractivity contribution in [2.24, 2.45) is 11.1 Å². The molecule has 0 radical (unpaired) electrons. The summed E-state index contributed by atoms with van der Waals surface area (Å²) in [4.78, 5) is 32.1. The SMILES string of the molecule is O=C1[C@@H]2C(c3ccc(Cl)cc3)=NO[C@H]2C(=O)N1c1ccc2c(c1)OCO2. The first-order valence-corrected chi connectivity index (χ1v) is 8.28. The molecule has 0 unspecified atom stereocenters. The lowest BCUT2D eigenvalue weighted by Crippen LogP contribution is -2.33. The quantitative estimate of drug-likeness (QED) is 0.758. The van der Waals surface area contributed by atoms with Crippen LogP contribution in [-0.2, 0) is 14.4 Å². The summed E-state index contributed by atoms with van der Waals surface area (Å²) in [6, 6.07) is 11.8. The second-order valence-corrected chi connectivity index (χ2v) is 6.47. The molecule has 2 atom stereocenters. The number of fused-ring (bicyclic) bond motifs is 2. The number of amides is 2. The van der Waals surface area contributed by atoms with Crippen LogP contribution in [0.4, 0.5) is 5.69 Å². The molecule has 3 aliphatic rings. The molecule has 2 amide bonds. The minimum absolute atomic E-state index is 0.114. The Morgan fingerprint density at radius 2 is 1.77 bits per heavy atom. The summed E-state index contributed by atoms with van der Waals surface area (Å²) >= 11 is 5.91. The fraction of sp³-hybridized carbons (Fsp3) is 0.167. The Balaban J connectivity index is 1.50. The zero-order chi connectivity index (χ0) is 17.8. The molecule has 26 heavy (non-hydrogen) atoms. The number of halogens is 1. The Morgan fingerprint density at radius 1 is 1.00 bits per heavy atom. The number of anilines is 1. The van der Waals surface area contributed by atoms with Gasteiger partial charge in [0.25, 0.3) is 5.91 Å². The van der Waals surface area contributed by atoms with Crippen LogP contribution in [0.5, 0.6) is 11.5 Å². The monoisotopic (exact) mass is 370 g/mol. The third-order valence-corrected chi connectivity index (χ3v) is 4.82. The van der Waals surface area contributed by atoms with Gasteiger partial charge in [-0.05, 0) is 24.3 Å². The van der Waals surface area contributed by atoms with Gasteiger partial charge in [0.15, 0.2) is 11.5 Å². The van der Waals surface area contributed by atoms with Crippen molar-refractivity contribution in [1.29, 1.82) is 0 Å². The van der Waals surface area contributed by atoms with Gasteiger partial charge in [-0.1, -0.05) is 28.9 Å². The number of hydrogen-bond acceptors (Lipinski definition) is 6. The van der Waals surface area contributed by atoms with Crippen LogP contribution < -0.4 is 14.4 Å². The van der Waals surface area contributed by atoms with Crippen LogP contribution in [-0.4, -0.2) is 30.4 Å². The molecule has 0 spiro atoms. The van der Waals surface area contributed by atoms with Gasteiger partial charge in [-0.15, -0.1) is 0 Å². The van der Waals surface area contributed by atoms with E-state index in [1.54, 1.807) is 42.5 Å². The Morgan fingerprint density at radius 3 is 2.58 bits per heavy atom. The second-order valence-electron chi connectivity index (χ2n) is 6.04. The van der Waals surface area contributed by atoms with Gasteiger partial charge in [-0.2, -0.15) is 0 Å². The van der Waals surface area contributed by atoms with Crippen molar-refractivity contribution in [2.75, 3.05) is 11.7 Å². The summed E-state index contributed by atoms with van der Waals surface area (Å²) in [5.41, 5.74) is 1.53. The molecule has 0 saturated carbocycles. The van der Waals surface area contributed by atoms with E-state index in [4.69, 9.17) is 25.9 Å². The summed E-state index contributed by atoms with van der Waals surface area (Å²) in [7, 11) is 0. The first-order valence-electron chi connectivity index (χ1n) is 7.90. The molecule has 0 aromatic heterocycles. The van der Waals surface area contributed by atoms with Crippen molar-refractivity contribution in [3.05, 3.63) is 53.1 Å². The number of benzene rings is 2. The third-order valence-electron chi connectivity index (χ3n) is 4.57. The number of oxime groups is 1. The van der Waals surface area contributed by atoms with E-state index in [0.717, 1.165) is 4.90 Å². The van der Waals surface area contributed by atoms with Crippen molar-refractivity contribution >= 4 is 34.8 Å². The highest BCUT2D eigenvalue weighted by Crippen LogP contribution is 2.40. The smallest absolute Gasteiger partial charge is 0.278 e. The Bertz CT molecular complexity index is 972. The van der Waals surface area contributed by atoms with E-state index < -0.39 is 17.9 Å². The average Bonchev–Trinajstić information content (AvgIpc) is 3.33. The first-order chi connectivity index (χ1) is 12.6. The van der Waals surface area contributed by atoms with Crippen LogP contribution >= 0.6 is 11.6 Å². The van der Waals surface area contributed by atoms with Crippen molar-refractivity contribution < 1.29 is 23.9 Å². The Kier molecular flexibility index (Phi) is 3.20.